The third-order valence-corrected chi connectivity index (χ3v) is 4.06. The number of nitriles is 1. The van der Waals surface area contributed by atoms with Crippen molar-refractivity contribution in [1.29, 1.82) is 5.26 Å². The lowest BCUT2D eigenvalue weighted by molar-refractivity contribution is 0.0999. The third-order valence-electron chi connectivity index (χ3n) is 4.06. The number of carbonyl (C=O) groups is 1. The molecule has 0 aliphatic carbocycles. The van der Waals surface area contributed by atoms with Gasteiger partial charge < -0.3 is 5.73 Å². The van der Waals surface area contributed by atoms with Crippen LogP contribution in [-0.4, -0.2) is 5.91 Å². The highest BCUT2D eigenvalue weighted by atomic mass is 16.1. The molecule has 0 aliphatic rings. The molecule has 2 rings (SSSR count). The van der Waals surface area contributed by atoms with Crippen LogP contribution in [0.2, 0.25) is 0 Å². The van der Waals surface area contributed by atoms with E-state index >= 15 is 0 Å². The predicted molar refractivity (Wildman–Crippen MR) is 92.2 cm³/mol. The van der Waals surface area contributed by atoms with E-state index in [4.69, 9.17) is 11.0 Å². The second-order valence-corrected chi connectivity index (χ2v) is 6.30. The Bertz CT molecular complexity index is 756. The minimum absolute atomic E-state index is 0.000694. The number of hydrogen-bond acceptors (Lipinski definition) is 2. The smallest absolute Gasteiger partial charge is 0.249 e. The molecule has 3 heteroatoms. The van der Waals surface area contributed by atoms with E-state index in [-0.39, 0.29) is 5.92 Å². The second-order valence-electron chi connectivity index (χ2n) is 6.30. The number of nitrogens with zero attached hydrogens (tertiary/aromatic N) is 1. The molecule has 0 saturated heterocycles. The van der Waals surface area contributed by atoms with Crippen molar-refractivity contribution in [1.82, 2.24) is 0 Å². The highest BCUT2D eigenvalue weighted by Crippen LogP contribution is 2.31. The van der Waals surface area contributed by atoms with Crippen LogP contribution in [0.15, 0.2) is 42.5 Å². The number of amides is 1. The van der Waals surface area contributed by atoms with E-state index in [1.165, 1.54) is 11.1 Å². The largest absolute Gasteiger partial charge is 0.366 e. The number of rotatable bonds is 5. The van der Waals surface area contributed by atoms with Crippen molar-refractivity contribution in [3.8, 4) is 6.07 Å². The molecule has 1 atom stereocenters. The Hall–Kier alpha value is -2.60. The summed E-state index contributed by atoms with van der Waals surface area (Å²) in [5.74, 6) is 0.0860. The summed E-state index contributed by atoms with van der Waals surface area (Å²) in [5.41, 5.74) is 9.80. The van der Waals surface area contributed by atoms with Crippen molar-refractivity contribution in [2.24, 2.45) is 11.7 Å². The fourth-order valence-electron chi connectivity index (χ4n) is 2.96. The van der Waals surface area contributed by atoms with Crippen molar-refractivity contribution in [2.75, 3.05) is 0 Å². The quantitative estimate of drug-likeness (QED) is 0.907. The Morgan fingerprint density at radius 1 is 1.13 bits per heavy atom. The van der Waals surface area contributed by atoms with Gasteiger partial charge >= 0.3 is 0 Å². The van der Waals surface area contributed by atoms with Crippen molar-refractivity contribution in [3.63, 3.8) is 0 Å². The number of benzene rings is 2. The molecule has 0 heterocycles. The fourth-order valence-corrected chi connectivity index (χ4v) is 2.96. The van der Waals surface area contributed by atoms with Crippen LogP contribution in [-0.2, 0) is 6.42 Å². The number of primary amides is 1. The normalized spacial score (nSPS) is 12.0. The summed E-state index contributed by atoms with van der Waals surface area (Å²) in [6.45, 7) is 6.43. The first-order valence-electron chi connectivity index (χ1n) is 7.85. The molecule has 0 saturated carbocycles. The first kappa shape index (κ1) is 16.8. The molecule has 23 heavy (non-hydrogen) atoms. The maximum Gasteiger partial charge on any atom is 0.249 e. The lowest BCUT2D eigenvalue weighted by atomic mass is 9.84. The summed E-state index contributed by atoms with van der Waals surface area (Å²) in [6, 6.07) is 15.5. The fraction of sp³-hybridized carbons (Fsp3) is 0.300. The molecule has 0 aliphatic heterocycles. The topological polar surface area (TPSA) is 66.9 Å². The molecule has 2 N–H and O–H groups in total. The Morgan fingerprint density at radius 2 is 1.83 bits per heavy atom. The standard InChI is InChI=1S/C20H22N2O/c1-13(2)10-16-6-4-5-7-17(16)14(3)19-11-15(12-21)8-9-18(19)20(22)23/h4-9,11,13-14H,10H2,1-3H3,(H2,22,23). The molecule has 0 fully saturated rings. The monoisotopic (exact) mass is 306 g/mol. The van der Waals surface area contributed by atoms with Gasteiger partial charge in [-0.3, -0.25) is 4.79 Å². The van der Waals surface area contributed by atoms with E-state index in [0.29, 0.717) is 17.0 Å². The average Bonchev–Trinajstić information content (AvgIpc) is 2.53. The molecule has 3 nitrogen and oxygen atoms in total. The zero-order chi connectivity index (χ0) is 17.0. The van der Waals surface area contributed by atoms with E-state index in [1.807, 2.05) is 12.1 Å². The summed E-state index contributed by atoms with van der Waals surface area (Å²) < 4.78 is 0. The molecule has 0 bridgehead atoms. The molecular formula is C20H22N2O. The summed E-state index contributed by atoms with van der Waals surface area (Å²) in [6.07, 6.45) is 0.977. The van der Waals surface area contributed by atoms with Crippen LogP contribution in [0.1, 0.15) is 59.3 Å². The van der Waals surface area contributed by atoms with Gasteiger partial charge in [0.1, 0.15) is 0 Å². The van der Waals surface area contributed by atoms with Crippen LogP contribution in [0, 0.1) is 17.2 Å². The van der Waals surface area contributed by atoms with Gasteiger partial charge in [-0.2, -0.15) is 5.26 Å². The maximum absolute atomic E-state index is 11.8. The van der Waals surface area contributed by atoms with Gasteiger partial charge in [-0.05, 0) is 47.2 Å². The maximum atomic E-state index is 11.8. The van der Waals surface area contributed by atoms with Gasteiger partial charge in [-0.25, -0.2) is 0 Å². The zero-order valence-electron chi connectivity index (χ0n) is 13.8. The number of nitrogens with two attached hydrogens (primary N) is 1. The van der Waals surface area contributed by atoms with Gasteiger partial charge in [0.05, 0.1) is 11.6 Å². The van der Waals surface area contributed by atoms with Crippen molar-refractivity contribution < 1.29 is 4.79 Å². The van der Waals surface area contributed by atoms with E-state index in [0.717, 1.165) is 12.0 Å². The molecule has 0 aromatic heterocycles. The van der Waals surface area contributed by atoms with Crippen LogP contribution >= 0.6 is 0 Å². The van der Waals surface area contributed by atoms with E-state index in [2.05, 4.69) is 39.0 Å². The highest BCUT2D eigenvalue weighted by molar-refractivity contribution is 5.94. The molecule has 2 aromatic carbocycles. The molecule has 0 radical (unpaired) electrons. The summed E-state index contributed by atoms with van der Waals surface area (Å²) >= 11 is 0. The Balaban J connectivity index is 2.55. The molecule has 2 aromatic rings. The van der Waals surface area contributed by atoms with Gasteiger partial charge in [0, 0.05) is 11.5 Å². The number of hydrogen-bond donors (Lipinski definition) is 1. The van der Waals surface area contributed by atoms with Crippen LogP contribution in [0.3, 0.4) is 0 Å². The van der Waals surface area contributed by atoms with Crippen LogP contribution in [0.4, 0.5) is 0 Å². The first-order chi connectivity index (χ1) is 10.9. The first-order valence-corrected chi connectivity index (χ1v) is 7.85. The second kappa shape index (κ2) is 7.11. The predicted octanol–water partition coefficient (Wildman–Crippen LogP) is 4.01. The Labute approximate surface area is 137 Å². The lowest BCUT2D eigenvalue weighted by Gasteiger charge is -2.20. The molecule has 1 unspecified atom stereocenters. The Morgan fingerprint density at radius 3 is 2.43 bits per heavy atom. The molecular weight excluding hydrogens is 284 g/mol. The highest BCUT2D eigenvalue weighted by Gasteiger charge is 2.19. The Kier molecular flexibility index (Phi) is 5.18. The van der Waals surface area contributed by atoms with E-state index in [1.54, 1.807) is 18.2 Å². The minimum atomic E-state index is -0.460. The number of carbonyl (C=O) groups excluding carboxylic acids is 1. The van der Waals surface area contributed by atoms with Crippen LogP contribution in [0.5, 0.6) is 0 Å². The van der Waals surface area contributed by atoms with E-state index < -0.39 is 5.91 Å². The van der Waals surface area contributed by atoms with Gasteiger partial charge in [0.2, 0.25) is 5.91 Å². The average molecular weight is 306 g/mol. The molecule has 1 amide bonds. The van der Waals surface area contributed by atoms with Crippen molar-refractivity contribution in [2.45, 2.75) is 33.1 Å². The minimum Gasteiger partial charge on any atom is -0.366 e. The van der Waals surface area contributed by atoms with Crippen LogP contribution in [0.25, 0.3) is 0 Å². The van der Waals surface area contributed by atoms with Crippen molar-refractivity contribution >= 4 is 5.91 Å². The summed E-state index contributed by atoms with van der Waals surface area (Å²) in [7, 11) is 0. The zero-order valence-corrected chi connectivity index (χ0v) is 13.8. The molecule has 118 valence electrons. The molecule has 0 spiro atoms. The summed E-state index contributed by atoms with van der Waals surface area (Å²) in [5, 5.41) is 9.15. The lowest BCUT2D eigenvalue weighted by Crippen LogP contribution is -2.16. The van der Waals surface area contributed by atoms with Crippen molar-refractivity contribution in [3.05, 3.63) is 70.3 Å². The third kappa shape index (κ3) is 3.78. The van der Waals surface area contributed by atoms with Gasteiger partial charge in [0.15, 0.2) is 0 Å². The van der Waals surface area contributed by atoms with Gasteiger partial charge in [0.25, 0.3) is 0 Å². The van der Waals surface area contributed by atoms with Gasteiger partial charge in [-0.15, -0.1) is 0 Å². The SMILES string of the molecule is CC(C)Cc1ccccc1C(C)c1cc(C#N)ccc1C(N)=O. The van der Waals surface area contributed by atoms with E-state index in [9.17, 15) is 4.79 Å². The summed E-state index contributed by atoms with van der Waals surface area (Å²) in [4.78, 5) is 11.8. The van der Waals surface area contributed by atoms with Crippen LogP contribution < -0.4 is 5.73 Å². The van der Waals surface area contributed by atoms with Gasteiger partial charge in [-0.1, -0.05) is 45.0 Å².